The standard InChI is InChI=1S/C21H24ClN3O4/c1-13-2-3-14(10-19(13)22)12-23-21(27)18-11-16(25(28)29)6-9-20(18)24-15-4-7-17(26)8-5-15/h2-3,6,9-11,15,17,24,26H,4-5,7-8,12H2,1H3,(H,23,27). The second kappa shape index (κ2) is 9.24. The number of nitro groups is 1. The number of hydrogen-bond donors (Lipinski definition) is 3. The summed E-state index contributed by atoms with van der Waals surface area (Å²) < 4.78 is 0. The van der Waals surface area contributed by atoms with Gasteiger partial charge in [-0.05, 0) is 55.9 Å². The van der Waals surface area contributed by atoms with Gasteiger partial charge in [0.05, 0.1) is 16.6 Å². The summed E-state index contributed by atoms with van der Waals surface area (Å²) >= 11 is 6.13. The van der Waals surface area contributed by atoms with Crippen LogP contribution in [0.4, 0.5) is 11.4 Å². The first-order chi connectivity index (χ1) is 13.8. The molecule has 0 saturated heterocycles. The molecule has 2 aromatic carbocycles. The highest BCUT2D eigenvalue weighted by Crippen LogP contribution is 2.27. The summed E-state index contributed by atoms with van der Waals surface area (Å²) in [5.41, 5.74) is 2.43. The Morgan fingerprint density at radius 2 is 1.93 bits per heavy atom. The number of amides is 1. The van der Waals surface area contributed by atoms with Crippen molar-refractivity contribution >= 4 is 28.9 Å². The average molecular weight is 418 g/mol. The van der Waals surface area contributed by atoms with Crippen molar-refractivity contribution in [1.82, 2.24) is 5.32 Å². The van der Waals surface area contributed by atoms with Gasteiger partial charge in [0.1, 0.15) is 0 Å². The maximum Gasteiger partial charge on any atom is 0.270 e. The third-order valence-electron chi connectivity index (χ3n) is 5.20. The van der Waals surface area contributed by atoms with Crippen molar-refractivity contribution in [2.75, 3.05) is 5.32 Å². The van der Waals surface area contributed by atoms with Crippen LogP contribution in [0.1, 0.15) is 47.2 Å². The number of aliphatic hydroxyl groups is 1. The second-order valence-corrected chi connectivity index (χ2v) is 7.81. The highest BCUT2D eigenvalue weighted by molar-refractivity contribution is 6.31. The minimum atomic E-state index is -0.517. The Kier molecular flexibility index (Phi) is 6.71. The Morgan fingerprint density at radius 1 is 1.21 bits per heavy atom. The van der Waals surface area contributed by atoms with E-state index < -0.39 is 10.8 Å². The van der Waals surface area contributed by atoms with E-state index >= 15 is 0 Å². The fraction of sp³-hybridized carbons (Fsp3) is 0.381. The van der Waals surface area contributed by atoms with Crippen LogP contribution < -0.4 is 10.6 Å². The molecule has 1 aliphatic rings. The Labute approximate surface area is 174 Å². The number of non-ortho nitro benzene ring substituents is 1. The van der Waals surface area contributed by atoms with Crippen LogP contribution >= 0.6 is 11.6 Å². The quantitative estimate of drug-likeness (QED) is 0.482. The maximum atomic E-state index is 12.8. The highest BCUT2D eigenvalue weighted by Gasteiger charge is 2.22. The van der Waals surface area contributed by atoms with Crippen LogP contribution in [0.5, 0.6) is 0 Å². The number of rotatable bonds is 6. The van der Waals surface area contributed by atoms with E-state index in [1.54, 1.807) is 12.1 Å². The fourth-order valence-electron chi connectivity index (χ4n) is 3.42. The smallest absolute Gasteiger partial charge is 0.270 e. The normalized spacial score (nSPS) is 18.9. The van der Waals surface area contributed by atoms with Crippen LogP contribution in [0.2, 0.25) is 5.02 Å². The molecule has 7 nitrogen and oxygen atoms in total. The van der Waals surface area contributed by atoms with Crippen molar-refractivity contribution < 1.29 is 14.8 Å². The molecule has 0 heterocycles. The summed E-state index contributed by atoms with van der Waals surface area (Å²) in [6.45, 7) is 2.16. The van der Waals surface area contributed by atoms with Crippen LogP contribution in [0.3, 0.4) is 0 Å². The summed E-state index contributed by atoms with van der Waals surface area (Å²) in [5.74, 6) is -0.399. The zero-order valence-corrected chi connectivity index (χ0v) is 16.9. The molecule has 1 saturated carbocycles. The molecule has 1 amide bonds. The number of aryl methyl sites for hydroxylation is 1. The molecule has 1 aliphatic carbocycles. The van der Waals surface area contributed by atoms with Gasteiger partial charge < -0.3 is 15.7 Å². The molecular formula is C21H24ClN3O4. The number of carbonyl (C=O) groups is 1. The number of nitrogens with one attached hydrogen (secondary N) is 2. The van der Waals surface area contributed by atoms with Crippen molar-refractivity contribution in [3.05, 3.63) is 68.2 Å². The molecule has 3 rings (SSSR count). The van der Waals surface area contributed by atoms with Crippen molar-refractivity contribution in [3.63, 3.8) is 0 Å². The number of aliphatic hydroxyl groups excluding tert-OH is 1. The molecule has 1 fully saturated rings. The molecule has 0 radical (unpaired) electrons. The molecular weight excluding hydrogens is 394 g/mol. The van der Waals surface area contributed by atoms with Crippen LogP contribution in [0.15, 0.2) is 36.4 Å². The number of hydrogen-bond acceptors (Lipinski definition) is 5. The monoisotopic (exact) mass is 417 g/mol. The lowest BCUT2D eigenvalue weighted by Gasteiger charge is -2.27. The van der Waals surface area contributed by atoms with Gasteiger partial charge in [0, 0.05) is 35.4 Å². The lowest BCUT2D eigenvalue weighted by atomic mass is 9.92. The minimum absolute atomic E-state index is 0.113. The third kappa shape index (κ3) is 5.46. The third-order valence-corrected chi connectivity index (χ3v) is 5.61. The van der Waals surface area contributed by atoms with Gasteiger partial charge in [-0.3, -0.25) is 14.9 Å². The lowest BCUT2D eigenvalue weighted by molar-refractivity contribution is -0.384. The van der Waals surface area contributed by atoms with Crippen molar-refractivity contribution in [3.8, 4) is 0 Å². The molecule has 0 spiro atoms. The number of nitrogens with zero attached hydrogens (tertiary/aromatic N) is 1. The van der Waals surface area contributed by atoms with Gasteiger partial charge in [0.15, 0.2) is 0 Å². The summed E-state index contributed by atoms with van der Waals surface area (Å²) in [6.07, 6.45) is 2.66. The first-order valence-corrected chi connectivity index (χ1v) is 9.97. The molecule has 154 valence electrons. The van der Waals surface area contributed by atoms with Gasteiger partial charge in [-0.2, -0.15) is 0 Å². The first-order valence-electron chi connectivity index (χ1n) is 9.59. The number of nitro benzene ring substituents is 1. The summed E-state index contributed by atoms with van der Waals surface area (Å²) in [5, 5.41) is 27.6. The first kappa shape index (κ1) is 21.1. The predicted octanol–water partition coefficient (Wildman–Crippen LogP) is 4.20. The number of halogens is 1. The van der Waals surface area contributed by atoms with Crippen molar-refractivity contribution in [1.29, 1.82) is 0 Å². The minimum Gasteiger partial charge on any atom is -0.393 e. The Balaban J connectivity index is 1.76. The largest absolute Gasteiger partial charge is 0.393 e. The molecule has 0 atom stereocenters. The Bertz CT molecular complexity index is 911. The van der Waals surface area contributed by atoms with Crippen LogP contribution in [-0.2, 0) is 6.54 Å². The molecule has 8 heteroatoms. The van der Waals surface area contributed by atoms with Crippen LogP contribution in [-0.4, -0.2) is 28.1 Å². The van der Waals surface area contributed by atoms with Gasteiger partial charge in [-0.25, -0.2) is 0 Å². The topological polar surface area (TPSA) is 104 Å². The van der Waals surface area contributed by atoms with E-state index in [1.165, 1.54) is 12.1 Å². The molecule has 0 unspecified atom stereocenters. The Morgan fingerprint density at radius 3 is 2.59 bits per heavy atom. The fourth-order valence-corrected chi connectivity index (χ4v) is 3.63. The highest BCUT2D eigenvalue weighted by atomic mass is 35.5. The lowest BCUT2D eigenvalue weighted by Crippen LogP contribution is -2.30. The molecule has 2 aromatic rings. The van der Waals surface area contributed by atoms with E-state index in [4.69, 9.17) is 11.6 Å². The molecule has 0 aromatic heterocycles. The molecule has 0 bridgehead atoms. The van der Waals surface area contributed by atoms with Gasteiger partial charge in [-0.1, -0.05) is 23.7 Å². The van der Waals surface area contributed by atoms with E-state index in [0.29, 0.717) is 23.6 Å². The Hall–Kier alpha value is -2.64. The summed E-state index contributed by atoms with van der Waals surface area (Å²) in [7, 11) is 0. The predicted molar refractivity (Wildman–Crippen MR) is 112 cm³/mol. The average Bonchev–Trinajstić information content (AvgIpc) is 2.70. The SMILES string of the molecule is Cc1ccc(CNC(=O)c2cc([N+](=O)[O-])ccc2NC2CCC(O)CC2)cc1Cl. The summed E-state index contributed by atoms with van der Waals surface area (Å²) in [4.78, 5) is 23.5. The van der Waals surface area contributed by atoms with Crippen molar-refractivity contribution in [2.45, 2.75) is 51.3 Å². The number of carbonyl (C=O) groups excluding carboxylic acids is 1. The van der Waals surface area contributed by atoms with Gasteiger partial charge in [-0.15, -0.1) is 0 Å². The van der Waals surface area contributed by atoms with E-state index in [9.17, 15) is 20.0 Å². The van der Waals surface area contributed by atoms with Crippen LogP contribution in [0.25, 0.3) is 0 Å². The summed E-state index contributed by atoms with van der Waals surface area (Å²) in [6, 6.07) is 9.90. The van der Waals surface area contributed by atoms with E-state index in [0.717, 1.165) is 24.0 Å². The van der Waals surface area contributed by atoms with E-state index in [1.807, 2.05) is 19.1 Å². The van der Waals surface area contributed by atoms with E-state index in [2.05, 4.69) is 10.6 Å². The zero-order valence-electron chi connectivity index (χ0n) is 16.2. The molecule has 0 aliphatic heterocycles. The van der Waals surface area contributed by atoms with Crippen LogP contribution in [0, 0.1) is 17.0 Å². The molecule has 3 N–H and O–H groups in total. The van der Waals surface area contributed by atoms with E-state index in [-0.39, 0.29) is 29.9 Å². The number of anilines is 1. The van der Waals surface area contributed by atoms with Crippen molar-refractivity contribution in [2.24, 2.45) is 0 Å². The zero-order chi connectivity index (χ0) is 21.0. The van der Waals surface area contributed by atoms with Gasteiger partial charge >= 0.3 is 0 Å². The van der Waals surface area contributed by atoms with Gasteiger partial charge in [0.2, 0.25) is 0 Å². The molecule has 29 heavy (non-hydrogen) atoms. The number of benzene rings is 2. The maximum absolute atomic E-state index is 12.8. The van der Waals surface area contributed by atoms with Gasteiger partial charge in [0.25, 0.3) is 11.6 Å². The second-order valence-electron chi connectivity index (χ2n) is 7.40.